The zero-order valence-electron chi connectivity index (χ0n) is 20.4. The molecule has 0 bridgehead atoms. The normalized spacial score (nSPS) is 16.5. The Kier molecular flexibility index (Phi) is 6.51. The van der Waals surface area contributed by atoms with Crippen molar-refractivity contribution in [3.05, 3.63) is 83.4 Å². The SMILES string of the molecule is Cc1ccccc1S(=O)(=O)NC(=O)NC(C(=O)N(C)c1ccc2c(c1)OCO2)C1CCc2ccccc21. The van der Waals surface area contributed by atoms with Gasteiger partial charge in [0.25, 0.3) is 10.0 Å². The molecular weight excluding hydrogens is 494 g/mol. The van der Waals surface area contributed by atoms with Crippen molar-refractivity contribution >= 4 is 27.6 Å². The number of aryl methyl sites for hydroxylation is 2. The Labute approximate surface area is 215 Å². The van der Waals surface area contributed by atoms with Crippen LogP contribution in [0.2, 0.25) is 0 Å². The molecule has 10 heteroatoms. The minimum absolute atomic E-state index is 0.00304. The molecule has 2 aliphatic rings. The van der Waals surface area contributed by atoms with Gasteiger partial charge in [-0.05, 0) is 54.7 Å². The molecule has 2 atom stereocenters. The number of rotatable bonds is 6. The van der Waals surface area contributed by atoms with E-state index in [-0.39, 0.29) is 23.5 Å². The number of nitrogens with one attached hydrogen (secondary N) is 2. The summed E-state index contributed by atoms with van der Waals surface area (Å²) in [6.45, 7) is 1.75. The Morgan fingerprint density at radius 1 is 1.00 bits per heavy atom. The standard InChI is InChI=1S/C27H27N3O6S/c1-17-7-3-6-10-24(17)37(33,34)29-27(32)28-25(21-13-11-18-8-4-5-9-20(18)21)26(31)30(2)19-12-14-22-23(15-19)36-16-35-22/h3-10,12,14-15,21,25H,11,13,16H2,1-2H3,(H2,28,29,32). The molecule has 9 nitrogen and oxygen atoms in total. The molecule has 3 amide bonds. The second-order valence-electron chi connectivity index (χ2n) is 9.10. The van der Waals surface area contributed by atoms with E-state index in [1.165, 1.54) is 11.0 Å². The predicted octanol–water partition coefficient (Wildman–Crippen LogP) is 3.47. The van der Waals surface area contributed by atoms with Gasteiger partial charge in [-0.25, -0.2) is 17.9 Å². The summed E-state index contributed by atoms with van der Waals surface area (Å²) in [7, 11) is -2.53. The number of nitrogens with zero attached hydrogens (tertiary/aromatic N) is 1. The first-order chi connectivity index (χ1) is 17.7. The van der Waals surface area contributed by atoms with Gasteiger partial charge in [-0.3, -0.25) is 4.79 Å². The Balaban J connectivity index is 1.42. The van der Waals surface area contributed by atoms with Crippen LogP contribution in [0.5, 0.6) is 11.5 Å². The van der Waals surface area contributed by atoms with Gasteiger partial charge in [0, 0.05) is 24.7 Å². The molecular formula is C27H27N3O6S. The van der Waals surface area contributed by atoms with Gasteiger partial charge in [-0.2, -0.15) is 0 Å². The van der Waals surface area contributed by atoms with E-state index in [2.05, 4.69) is 10.0 Å². The van der Waals surface area contributed by atoms with Gasteiger partial charge < -0.3 is 19.7 Å². The maximum atomic E-state index is 13.8. The summed E-state index contributed by atoms with van der Waals surface area (Å²) in [6.07, 6.45) is 1.39. The number of carbonyl (C=O) groups is 2. The highest BCUT2D eigenvalue weighted by Crippen LogP contribution is 2.38. The molecule has 37 heavy (non-hydrogen) atoms. The monoisotopic (exact) mass is 521 g/mol. The smallest absolute Gasteiger partial charge is 0.329 e. The lowest BCUT2D eigenvalue weighted by molar-refractivity contribution is -0.120. The van der Waals surface area contributed by atoms with Crippen molar-refractivity contribution in [1.82, 2.24) is 10.0 Å². The van der Waals surface area contributed by atoms with Gasteiger partial charge in [0.1, 0.15) is 6.04 Å². The van der Waals surface area contributed by atoms with Gasteiger partial charge in [-0.15, -0.1) is 0 Å². The van der Waals surface area contributed by atoms with Crippen molar-refractivity contribution < 1.29 is 27.5 Å². The van der Waals surface area contributed by atoms with Crippen molar-refractivity contribution in [3.8, 4) is 11.5 Å². The first kappa shape index (κ1) is 24.6. The molecule has 1 aliphatic heterocycles. The third-order valence-corrected chi connectivity index (χ3v) is 8.31. The molecule has 3 aromatic rings. The molecule has 0 saturated heterocycles. The molecule has 0 aromatic heterocycles. The number of likely N-dealkylation sites (N-methyl/N-ethyl adjacent to an activating group) is 1. The molecule has 1 heterocycles. The summed E-state index contributed by atoms with van der Waals surface area (Å²) in [6, 6.07) is 17.3. The highest BCUT2D eigenvalue weighted by molar-refractivity contribution is 7.90. The second kappa shape index (κ2) is 9.78. The fourth-order valence-corrected chi connectivity index (χ4v) is 6.07. The molecule has 5 rings (SSSR count). The molecule has 0 saturated carbocycles. The van der Waals surface area contributed by atoms with Crippen molar-refractivity contribution in [2.24, 2.45) is 0 Å². The van der Waals surface area contributed by atoms with Gasteiger partial charge >= 0.3 is 6.03 Å². The Morgan fingerprint density at radius 3 is 2.54 bits per heavy atom. The van der Waals surface area contributed by atoms with Crippen LogP contribution in [0.3, 0.4) is 0 Å². The fraction of sp³-hybridized carbons (Fsp3) is 0.259. The van der Waals surface area contributed by atoms with Crippen LogP contribution in [0.4, 0.5) is 10.5 Å². The lowest BCUT2D eigenvalue weighted by Crippen LogP contribution is -2.53. The van der Waals surface area contributed by atoms with Crippen molar-refractivity contribution in [2.75, 3.05) is 18.7 Å². The van der Waals surface area contributed by atoms with Crippen LogP contribution in [0.25, 0.3) is 0 Å². The maximum Gasteiger partial charge on any atom is 0.329 e. The number of urea groups is 1. The van der Waals surface area contributed by atoms with Crippen molar-refractivity contribution in [1.29, 1.82) is 0 Å². The largest absolute Gasteiger partial charge is 0.454 e. The lowest BCUT2D eigenvalue weighted by Gasteiger charge is -2.29. The van der Waals surface area contributed by atoms with Gasteiger partial charge in [0.05, 0.1) is 4.90 Å². The lowest BCUT2D eigenvalue weighted by atomic mass is 9.92. The van der Waals surface area contributed by atoms with Crippen LogP contribution in [0.1, 0.15) is 29.0 Å². The van der Waals surface area contributed by atoms with Crippen LogP contribution in [-0.2, 0) is 21.2 Å². The molecule has 2 unspecified atom stereocenters. The average Bonchev–Trinajstić information content (AvgIpc) is 3.53. The van der Waals surface area contributed by atoms with E-state index in [0.717, 1.165) is 17.5 Å². The highest BCUT2D eigenvalue weighted by atomic mass is 32.2. The summed E-state index contributed by atoms with van der Waals surface area (Å²) in [5.74, 6) is 0.399. The van der Waals surface area contributed by atoms with Gasteiger partial charge in [-0.1, -0.05) is 42.5 Å². The van der Waals surface area contributed by atoms with Crippen LogP contribution in [0, 0.1) is 6.92 Å². The average molecular weight is 522 g/mol. The number of carbonyl (C=O) groups excluding carboxylic acids is 2. The fourth-order valence-electron chi connectivity index (χ4n) is 4.91. The minimum atomic E-state index is -4.14. The van der Waals surface area contributed by atoms with Crippen LogP contribution >= 0.6 is 0 Å². The van der Waals surface area contributed by atoms with E-state index >= 15 is 0 Å². The third kappa shape index (κ3) is 4.84. The van der Waals surface area contributed by atoms with E-state index in [1.807, 2.05) is 24.3 Å². The molecule has 1 aliphatic carbocycles. The Morgan fingerprint density at radius 2 is 1.73 bits per heavy atom. The van der Waals surface area contributed by atoms with E-state index in [9.17, 15) is 18.0 Å². The molecule has 0 fully saturated rings. The summed E-state index contributed by atoms with van der Waals surface area (Å²) >= 11 is 0. The maximum absolute atomic E-state index is 13.8. The molecule has 192 valence electrons. The van der Waals surface area contributed by atoms with Crippen LogP contribution < -0.4 is 24.4 Å². The van der Waals surface area contributed by atoms with E-state index < -0.39 is 22.1 Å². The van der Waals surface area contributed by atoms with Gasteiger partial charge in [0.2, 0.25) is 12.7 Å². The number of hydrogen-bond donors (Lipinski definition) is 2. The van der Waals surface area contributed by atoms with Crippen LogP contribution in [0.15, 0.2) is 71.6 Å². The number of benzene rings is 3. The zero-order valence-corrected chi connectivity index (χ0v) is 21.2. The van der Waals surface area contributed by atoms with E-state index in [1.54, 1.807) is 50.4 Å². The minimum Gasteiger partial charge on any atom is -0.454 e. The highest BCUT2D eigenvalue weighted by Gasteiger charge is 2.38. The first-order valence-electron chi connectivity index (χ1n) is 11.9. The predicted molar refractivity (Wildman–Crippen MR) is 137 cm³/mol. The van der Waals surface area contributed by atoms with Crippen molar-refractivity contribution in [2.45, 2.75) is 36.6 Å². The molecule has 2 N–H and O–H groups in total. The second-order valence-corrected chi connectivity index (χ2v) is 10.8. The zero-order chi connectivity index (χ0) is 26.2. The third-order valence-electron chi connectivity index (χ3n) is 6.82. The number of amides is 3. The molecule has 0 spiro atoms. The topological polar surface area (TPSA) is 114 Å². The Bertz CT molecular complexity index is 1470. The molecule has 0 radical (unpaired) electrons. The van der Waals surface area contributed by atoms with Crippen molar-refractivity contribution in [3.63, 3.8) is 0 Å². The Hall–Kier alpha value is -4.05. The number of ether oxygens (including phenoxy) is 2. The summed E-state index contributed by atoms with van der Waals surface area (Å²) in [5.41, 5.74) is 3.12. The number of anilines is 1. The number of hydrogen-bond acceptors (Lipinski definition) is 6. The summed E-state index contributed by atoms with van der Waals surface area (Å²) < 4.78 is 38.7. The number of fused-ring (bicyclic) bond motifs is 2. The quantitative estimate of drug-likeness (QED) is 0.514. The number of sulfonamides is 1. The van der Waals surface area contributed by atoms with Gasteiger partial charge in [0.15, 0.2) is 11.5 Å². The molecule has 3 aromatic carbocycles. The summed E-state index contributed by atoms with van der Waals surface area (Å²) in [5, 5.41) is 2.67. The van der Waals surface area contributed by atoms with E-state index in [0.29, 0.717) is 29.2 Å². The van der Waals surface area contributed by atoms with Crippen LogP contribution in [-0.4, -0.2) is 40.2 Å². The summed E-state index contributed by atoms with van der Waals surface area (Å²) in [4.78, 5) is 28.3. The van der Waals surface area contributed by atoms with E-state index in [4.69, 9.17) is 9.47 Å². The first-order valence-corrected chi connectivity index (χ1v) is 13.4.